The molecular formula is C73H136O6. The van der Waals surface area contributed by atoms with E-state index in [1.807, 2.05) is 0 Å². The van der Waals surface area contributed by atoms with Gasteiger partial charge in [-0.25, -0.2) is 0 Å². The van der Waals surface area contributed by atoms with E-state index >= 15 is 0 Å². The van der Waals surface area contributed by atoms with E-state index in [2.05, 4.69) is 57.2 Å². The second kappa shape index (κ2) is 68.1. The third-order valence-electron chi connectivity index (χ3n) is 16.1. The molecule has 0 rings (SSSR count). The zero-order valence-electron chi connectivity index (χ0n) is 53.4. The summed E-state index contributed by atoms with van der Waals surface area (Å²) in [5.74, 6) is -0.854. The molecule has 0 aliphatic heterocycles. The molecule has 464 valence electrons. The largest absolute Gasteiger partial charge is 0.462 e. The second-order valence-electron chi connectivity index (χ2n) is 24.2. The topological polar surface area (TPSA) is 78.9 Å². The molecule has 79 heavy (non-hydrogen) atoms. The van der Waals surface area contributed by atoms with Crippen molar-refractivity contribution in [2.75, 3.05) is 13.2 Å². The molecule has 6 nitrogen and oxygen atoms in total. The van der Waals surface area contributed by atoms with Crippen molar-refractivity contribution in [2.45, 2.75) is 399 Å². The number of carbonyl (C=O) groups excluding carboxylic acids is 3. The predicted molar refractivity (Wildman–Crippen MR) is 344 cm³/mol. The lowest BCUT2D eigenvalue weighted by atomic mass is 10.0. The summed E-state index contributed by atoms with van der Waals surface area (Å²) >= 11 is 0. The number of rotatable bonds is 66. The SMILES string of the molecule is CCCCCCC/C=C\C/C=C\C/C=C\CCCCCCCCC(=O)OC(COC(=O)CCCCCCCCCCCCCCCCC)COC(=O)CCCCCCCCCCCCCCCCCCCCCCCCCCC. The minimum Gasteiger partial charge on any atom is -0.462 e. The van der Waals surface area contributed by atoms with Gasteiger partial charge in [-0.15, -0.1) is 0 Å². The standard InChI is InChI=1S/C73H136O6/c1-4-7-10-13-16-19-22-25-28-30-32-34-35-36-37-39-40-42-45-48-51-54-57-60-63-66-72(75)78-69-70(68-77-71(74)65-62-59-56-53-50-47-44-27-24-21-18-15-12-9-6-3)79-73(76)67-64-61-58-55-52-49-46-43-41-38-33-31-29-26-23-20-17-14-11-8-5-2/h23,26,31,33,41,43,70H,4-22,24-25,27-30,32,34-40,42,44-69H2,1-3H3/b26-23-,33-31-,43-41-. The fraction of sp³-hybridized carbons (Fsp3) is 0.877. The maximum absolute atomic E-state index is 12.9. The molecule has 0 aliphatic rings. The number of ether oxygens (including phenoxy) is 3. The van der Waals surface area contributed by atoms with E-state index in [0.717, 1.165) is 77.0 Å². The summed E-state index contributed by atoms with van der Waals surface area (Å²) in [4.78, 5) is 38.4. The highest BCUT2D eigenvalue weighted by Gasteiger charge is 2.19. The van der Waals surface area contributed by atoms with Gasteiger partial charge in [0.25, 0.3) is 0 Å². The Morgan fingerprint density at radius 1 is 0.253 bits per heavy atom. The van der Waals surface area contributed by atoms with Crippen molar-refractivity contribution in [1.82, 2.24) is 0 Å². The van der Waals surface area contributed by atoms with Gasteiger partial charge in [-0.3, -0.25) is 14.4 Å². The molecule has 0 aromatic rings. The van der Waals surface area contributed by atoms with Crippen molar-refractivity contribution in [3.63, 3.8) is 0 Å². The molecule has 6 heteroatoms. The summed E-state index contributed by atoms with van der Waals surface area (Å²) in [6.45, 7) is 6.70. The fourth-order valence-corrected chi connectivity index (χ4v) is 10.8. The van der Waals surface area contributed by atoms with Crippen LogP contribution in [0.2, 0.25) is 0 Å². The molecule has 0 heterocycles. The van der Waals surface area contributed by atoms with Crippen molar-refractivity contribution < 1.29 is 28.6 Å². The third kappa shape index (κ3) is 66.3. The predicted octanol–water partition coefficient (Wildman–Crippen LogP) is 24.3. The molecule has 0 saturated carbocycles. The average Bonchev–Trinajstić information content (AvgIpc) is 3.45. The maximum atomic E-state index is 12.9. The molecule has 0 saturated heterocycles. The van der Waals surface area contributed by atoms with Gasteiger partial charge in [-0.2, -0.15) is 0 Å². The van der Waals surface area contributed by atoms with E-state index in [-0.39, 0.29) is 31.1 Å². The van der Waals surface area contributed by atoms with E-state index in [0.29, 0.717) is 19.3 Å². The number of carbonyl (C=O) groups is 3. The Morgan fingerprint density at radius 3 is 0.709 bits per heavy atom. The van der Waals surface area contributed by atoms with Crippen LogP contribution in [0.25, 0.3) is 0 Å². The van der Waals surface area contributed by atoms with Crippen LogP contribution in [0, 0.1) is 0 Å². The first kappa shape index (κ1) is 76.6. The molecule has 0 bridgehead atoms. The molecule has 0 aromatic heterocycles. The monoisotopic (exact) mass is 1110 g/mol. The van der Waals surface area contributed by atoms with Crippen LogP contribution in [0.15, 0.2) is 36.5 Å². The Labute approximate surface area is 493 Å². The summed E-state index contributed by atoms with van der Waals surface area (Å²) in [5, 5.41) is 0. The van der Waals surface area contributed by atoms with Crippen LogP contribution in [0.3, 0.4) is 0 Å². The lowest BCUT2D eigenvalue weighted by Gasteiger charge is -2.18. The van der Waals surface area contributed by atoms with Gasteiger partial charge in [-0.1, -0.05) is 353 Å². The Kier molecular flexibility index (Phi) is 66.1. The van der Waals surface area contributed by atoms with Gasteiger partial charge in [0.2, 0.25) is 0 Å². The number of allylic oxidation sites excluding steroid dienone is 6. The van der Waals surface area contributed by atoms with Gasteiger partial charge in [0, 0.05) is 19.3 Å². The quantitative estimate of drug-likeness (QED) is 0.0261. The highest BCUT2D eigenvalue weighted by atomic mass is 16.6. The van der Waals surface area contributed by atoms with Gasteiger partial charge in [0.05, 0.1) is 0 Å². The highest BCUT2D eigenvalue weighted by Crippen LogP contribution is 2.19. The van der Waals surface area contributed by atoms with E-state index in [4.69, 9.17) is 14.2 Å². The van der Waals surface area contributed by atoms with Crippen LogP contribution in [0.5, 0.6) is 0 Å². The minimum atomic E-state index is -0.777. The molecule has 0 amide bonds. The zero-order chi connectivity index (χ0) is 57.1. The molecular weight excluding hydrogens is 973 g/mol. The molecule has 1 atom stereocenters. The third-order valence-corrected chi connectivity index (χ3v) is 16.1. The Hall–Kier alpha value is -2.37. The summed E-state index contributed by atoms with van der Waals surface area (Å²) < 4.78 is 17.0. The van der Waals surface area contributed by atoms with Crippen molar-refractivity contribution in [2.24, 2.45) is 0 Å². The fourth-order valence-electron chi connectivity index (χ4n) is 10.8. The van der Waals surface area contributed by atoms with Gasteiger partial charge < -0.3 is 14.2 Å². The highest BCUT2D eigenvalue weighted by molar-refractivity contribution is 5.71. The molecule has 0 radical (unpaired) electrons. The van der Waals surface area contributed by atoms with Crippen LogP contribution in [-0.2, 0) is 28.6 Å². The van der Waals surface area contributed by atoms with Crippen LogP contribution in [-0.4, -0.2) is 37.2 Å². The second-order valence-corrected chi connectivity index (χ2v) is 24.2. The van der Waals surface area contributed by atoms with Gasteiger partial charge in [0.15, 0.2) is 6.10 Å². The first-order valence-corrected chi connectivity index (χ1v) is 35.5. The van der Waals surface area contributed by atoms with E-state index in [1.165, 1.54) is 276 Å². The van der Waals surface area contributed by atoms with Gasteiger partial charge in [0.1, 0.15) is 13.2 Å². The molecule has 0 spiro atoms. The lowest BCUT2D eigenvalue weighted by Crippen LogP contribution is -2.30. The van der Waals surface area contributed by atoms with Crippen LogP contribution in [0.4, 0.5) is 0 Å². The normalized spacial score (nSPS) is 12.2. The molecule has 1 unspecified atom stereocenters. The van der Waals surface area contributed by atoms with Gasteiger partial charge >= 0.3 is 17.9 Å². The van der Waals surface area contributed by atoms with Crippen molar-refractivity contribution in [1.29, 1.82) is 0 Å². The summed E-state index contributed by atoms with van der Waals surface area (Å²) in [6.07, 6.45) is 84.6. The van der Waals surface area contributed by atoms with E-state index in [9.17, 15) is 14.4 Å². The number of esters is 3. The van der Waals surface area contributed by atoms with E-state index < -0.39 is 6.10 Å². The Bertz CT molecular complexity index is 1320. The van der Waals surface area contributed by atoms with Crippen LogP contribution in [0.1, 0.15) is 393 Å². The summed E-state index contributed by atoms with van der Waals surface area (Å²) in [7, 11) is 0. The van der Waals surface area contributed by atoms with Crippen LogP contribution >= 0.6 is 0 Å². The molecule has 0 N–H and O–H groups in total. The maximum Gasteiger partial charge on any atom is 0.306 e. The van der Waals surface area contributed by atoms with Crippen molar-refractivity contribution >= 4 is 17.9 Å². The van der Waals surface area contributed by atoms with Gasteiger partial charge in [-0.05, 0) is 57.8 Å². The zero-order valence-corrected chi connectivity index (χ0v) is 53.4. The van der Waals surface area contributed by atoms with Crippen molar-refractivity contribution in [3.8, 4) is 0 Å². The minimum absolute atomic E-state index is 0.0718. The summed E-state index contributed by atoms with van der Waals surface area (Å²) in [5.41, 5.74) is 0. The molecule has 0 aliphatic carbocycles. The smallest absolute Gasteiger partial charge is 0.306 e. The van der Waals surface area contributed by atoms with Crippen molar-refractivity contribution in [3.05, 3.63) is 36.5 Å². The van der Waals surface area contributed by atoms with E-state index in [1.54, 1.807) is 0 Å². The first-order chi connectivity index (χ1) is 39.0. The lowest BCUT2D eigenvalue weighted by molar-refractivity contribution is -0.167. The van der Waals surface area contributed by atoms with Crippen LogP contribution < -0.4 is 0 Å². The average molecular weight is 1110 g/mol. The number of unbranched alkanes of at least 4 members (excludes halogenated alkanes) is 49. The Balaban J connectivity index is 4.28. The molecule has 0 aromatic carbocycles. The molecule has 0 fully saturated rings. The number of hydrogen-bond donors (Lipinski definition) is 0. The number of hydrogen-bond acceptors (Lipinski definition) is 6. The summed E-state index contributed by atoms with van der Waals surface area (Å²) in [6, 6.07) is 0. The Morgan fingerprint density at radius 2 is 0.456 bits per heavy atom. The first-order valence-electron chi connectivity index (χ1n) is 35.5.